The van der Waals surface area contributed by atoms with E-state index in [0.29, 0.717) is 6.42 Å². The van der Waals surface area contributed by atoms with E-state index in [-0.39, 0.29) is 5.91 Å². The Bertz CT molecular complexity index is 427. The molecule has 1 fully saturated rings. The van der Waals surface area contributed by atoms with Crippen molar-refractivity contribution in [1.29, 1.82) is 0 Å². The fourth-order valence-corrected chi connectivity index (χ4v) is 2.32. The molecular weight excluding hydrogens is 238 g/mol. The SMILES string of the molecule is CCCN(CC1CC1)C(=O)Cc1ccccc1OC. The quantitative estimate of drug-likeness (QED) is 0.755. The second-order valence-electron chi connectivity index (χ2n) is 5.27. The molecule has 0 bridgehead atoms. The molecule has 3 nitrogen and oxygen atoms in total. The van der Waals surface area contributed by atoms with Gasteiger partial charge in [-0.15, -0.1) is 0 Å². The van der Waals surface area contributed by atoms with Gasteiger partial charge < -0.3 is 9.64 Å². The van der Waals surface area contributed by atoms with Crippen molar-refractivity contribution >= 4 is 5.91 Å². The third kappa shape index (κ3) is 3.98. The average Bonchev–Trinajstić information content (AvgIpc) is 3.23. The largest absolute Gasteiger partial charge is 0.496 e. The van der Waals surface area contributed by atoms with Gasteiger partial charge >= 0.3 is 0 Å². The summed E-state index contributed by atoms with van der Waals surface area (Å²) < 4.78 is 5.31. The minimum absolute atomic E-state index is 0.221. The van der Waals surface area contributed by atoms with Gasteiger partial charge in [0.05, 0.1) is 13.5 Å². The predicted molar refractivity (Wildman–Crippen MR) is 76.3 cm³/mol. The van der Waals surface area contributed by atoms with Crippen molar-refractivity contribution in [1.82, 2.24) is 4.90 Å². The van der Waals surface area contributed by atoms with Gasteiger partial charge in [0.1, 0.15) is 5.75 Å². The monoisotopic (exact) mass is 261 g/mol. The first kappa shape index (κ1) is 13.9. The van der Waals surface area contributed by atoms with Crippen molar-refractivity contribution in [2.75, 3.05) is 20.2 Å². The van der Waals surface area contributed by atoms with Crippen molar-refractivity contribution in [2.24, 2.45) is 5.92 Å². The number of rotatable bonds is 7. The fourth-order valence-electron chi connectivity index (χ4n) is 2.32. The van der Waals surface area contributed by atoms with E-state index in [1.807, 2.05) is 29.2 Å². The van der Waals surface area contributed by atoms with Crippen molar-refractivity contribution in [2.45, 2.75) is 32.6 Å². The molecule has 0 spiro atoms. The van der Waals surface area contributed by atoms with Crippen molar-refractivity contribution in [3.05, 3.63) is 29.8 Å². The van der Waals surface area contributed by atoms with E-state index in [0.717, 1.165) is 36.7 Å². The molecule has 2 rings (SSSR count). The minimum atomic E-state index is 0.221. The number of para-hydroxylation sites is 1. The maximum absolute atomic E-state index is 12.4. The lowest BCUT2D eigenvalue weighted by Gasteiger charge is -2.22. The van der Waals surface area contributed by atoms with Gasteiger partial charge in [0.15, 0.2) is 0 Å². The summed E-state index contributed by atoms with van der Waals surface area (Å²) in [4.78, 5) is 14.4. The van der Waals surface area contributed by atoms with Crippen LogP contribution in [0.15, 0.2) is 24.3 Å². The molecule has 0 radical (unpaired) electrons. The topological polar surface area (TPSA) is 29.5 Å². The zero-order chi connectivity index (χ0) is 13.7. The number of ether oxygens (including phenoxy) is 1. The Hall–Kier alpha value is -1.51. The van der Waals surface area contributed by atoms with E-state index in [1.54, 1.807) is 7.11 Å². The Balaban J connectivity index is 2.00. The predicted octanol–water partition coefficient (Wildman–Crippen LogP) is 2.89. The first-order valence-corrected chi connectivity index (χ1v) is 7.14. The third-order valence-electron chi connectivity index (χ3n) is 3.56. The maximum Gasteiger partial charge on any atom is 0.227 e. The summed E-state index contributed by atoms with van der Waals surface area (Å²) in [7, 11) is 1.65. The normalized spacial score (nSPS) is 14.2. The first-order valence-electron chi connectivity index (χ1n) is 7.14. The molecule has 0 heterocycles. The van der Waals surface area contributed by atoms with E-state index in [2.05, 4.69) is 6.92 Å². The van der Waals surface area contributed by atoms with Crippen LogP contribution >= 0.6 is 0 Å². The van der Waals surface area contributed by atoms with Crippen LogP contribution in [0, 0.1) is 5.92 Å². The summed E-state index contributed by atoms with van der Waals surface area (Å²) in [6, 6.07) is 7.77. The van der Waals surface area contributed by atoms with E-state index in [1.165, 1.54) is 12.8 Å². The highest BCUT2D eigenvalue weighted by molar-refractivity contribution is 5.79. The number of carbonyl (C=O) groups excluding carboxylic acids is 1. The lowest BCUT2D eigenvalue weighted by atomic mass is 10.1. The Kier molecular flexibility index (Phi) is 4.83. The summed E-state index contributed by atoms with van der Waals surface area (Å²) in [5.74, 6) is 1.77. The van der Waals surface area contributed by atoms with Gasteiger partial charge in [-0.1, -0.05) is 25.1 Å². The molecule has 0 N–H and O–H groups in total. The lowest BCUT2D eigenvalue weighted by Crippen LogP contribution is -2.34. The molecule has 0 saturated heterocycles. The molecule has 0 aromatic heterocycles. The molecule has 19 heavy (non-hydrogen) atoms. The maximum atomic E-state index is 12.4. The molecular formula is C16H23NO2. The molecule has 1 amide bonds. The second-order valence-corrected chi connectivity index (χ2v) is 5.27. The van der Waals surface area contributed by atoms with E-state index in [4.69, 9.17) is 4.74 Å². The number of hydrogen-bond donors (Lipinski definition) is 0. The van der Waals surface area contributed by atoms with Crippen LogP contribution in [0.3, 0.4) is 0 Å². The number of amides is 1. The van der Waals surface area contributed by atoms with Gasteiger partial charge in [0.25, 0.3) is 0 Å². The van der Waals surface area contributed by atoms with E-state index >= 15 is 0 Å². The summed E-state index contributed by atoms with van der Waals surface area (Å²) >= 11 is 0. The average molecular weight is 261 g/mol. The number of benzene rings is 1. The summed E-state index contributed by atoms with van der Waals surface area (Å²) in [6.45, 7) is 3.92. The van der Waals surface area contributed by atoms with Crippen molar-refractivity contribution in [3.63, 3.8) is 0 Å². The highest BCUT2D eigenvalue weighted by Crippen LogP contribution is 2.30. The number of carbonyl (C=O) groups is 1. The molecule has 0 aliphatic heterocycles. The molecule has 3 heteroatoms. The van der Waals surface area contributed by atoms with Crippen LogP contribution in [0.1, 0.15) is 31.7 Å². The summed E-state index contributed by atoms with van der Waals surface area (Å²) in [5, 5.41) is 0. The molecule has 0 unspecified atom stereocenters. The Morgan fingerprint density at radius 3 is 2.74 bits per heavy atom. The van der Waals surface area contributed by atoms with Gasteiger partial charge in [0, 0.05) is 18.7 Å². The third-order valence-corrected chi connectivity index (χ3v) is 3.56. The van der Waals surface area contributed by atoms with Gasteiger partial charge in [0.2, 0.25) is 5.91 Å². The highest BCUT2D eigenvalue weighted by atomic mass is 16.5. The Morgan fingerprint density at radius 2 is 2.11 bits per heavy atom. The van der Waals surface area contributed by atoms with Crippen LogP contribution in [-0.2, 0) is 11.2 Å². The summed E-state index contributed by atoms with van der Waals surface area (Å²) in [6.07, 6.45) is 4.02. The van der Waals surface area contributed by atoms with Crippen molar-refractivity contribution in [3.8, 4) is 5.75 Å². The first-order chi connectivity index (χ1) is 9.24. The van der Waals surface area contributed by atoms with Gasteiger partial charge in [-0.25, -0.2) is 0 Å². The minimum Gasteiger partial charge on any atom is -0.496 e. The Morgan fingerprint density at radius 1 is 1.37 bits per heavy atom. The van der Waals surface area contributed by atoms with Crippen LogP contribution in [0.5, 0.6) is 5.75 Å². The van der Waals surface area contributed by atoms with E-state index < -0.39 is 0 Å². The molecule has 1 aliphatic rings. The van der Waals surface area contributed by atoms with Crippen LogP contribution in [0.25, 0.3) is 0 Å². The molecule has 1 aromatic carbocycles. The smallest absolute Gasteiger partial charge is 0.227 e. The van der Waals surface area contributed by atoms with Crippen LogP contribution in [-0.4, -0.2) is 31.0 Å². The molecule has 0 atom stereocenters. The zero-order valence-electron chi connectivity index (χ0n) is 11.9. The fraction of sp³-hybridized carbons (Fsp3) is 0.562. The van der Waals surface area contributed by atoms with Crippen LogP contribution < -0.4 is 4.74 Å². The molecule has 1 saturated carbocycles. The van der Waals surface area contributed by atoms with Gasteiger partial charge in [-0.3, -0.25) is 4.79 Å². The lowest BCUT2D eigenvalue weighted by molar-refractivity contribution is -0.130. The molecule has 1 aliphatic carbocycles. The standard InChI is InChI=1S/C16H23NO2/c1-3-10-17(12-13-8-9-13)16(18)11-14-6-4-5-7-15(14)19-2/h4-7,13H,3,8-12H2,1-2H3. The van der Waals surface area contributed by atoms with Crippen LogP contribution in [0.2, 0.25) is 0 Å². The summed E-state index contributed by atoms with van der Waals surface area (Å²) in [5.41, 5.74) is 0.979. The molecule has 104 valence electrons. The zero-order valence-corrected chi connectivity index (χ0v) is 11.9. The van der Waals surface area contributed by atoms with Crippen LogP contribution in [0.4, 0.5) is 0 Å². The Labute approximate surface area is 115 Å². The van der Waals surface area contributed by atoms with E-state index in [9.17, 15) is 4.79 Å². The molecule has 1 aromatic rings. The second kappa shape index (κ2) is 6.60. The van der Waals surface area contributed by atoms with Gasteiger partial charge in [-0.05, 0) is 31.2 Å². The number of hydrogen-bond acceptors (Lipinski definition) is 2. The number of methoxy groups -OCH3 is 1. The van der Waals surface area contributed by atoms with Crippen molar-refractivity contribution < 1.29 is 9.53 Å². The van der Waals surface area contributed by atoms with Gasteiger partial charge in [-0.2, -0.15) is 0 Å². The number of nitrogens with zero attached hydrogens (tertiary/aromatic N) is 1. The highest BCUT2D eigenvalue weighted by Gasteiger charge is 2.26.